The lowest BCUT2D eigenvalue weighted by atomic mass is 9.87. The van der Waals surface area contributed by atoms with Gasteiger partial charge in [-0.2, -0.15) is 0 Å². The number of carbonyl (C=O) groups is 2. The van der Waals surface area contributed by atoms with E-state index < -0.39 is 11.8 Å². The fourth-order valence-corrected chi connectivity index (χ4v) is 2.89. The average molecular weight is 297 g/mol. The number of hydrogen-bond acceptors (Lipinski definition) is 4. The number of amides is 2. The van der Waals surface area contributed by atoms with Crippen LogP contribution >= 0.6 is 0 Å². The van der Waals surface area contributed by atoms with Gasteiger partial charge in [0, 0.05) is 32.2 Å². The molecule has 2 fully saturated rings. The standard InChI is InChI=1S/C15H27N3O3/c1-12-2-4-13(5-3-12)17-15(20)14(19)16-6-7-18-8-10-21-11-9-18/h12-13H,2-11H2,1H3,(H,16,19)(H,17,20). The van der Waals surface area contributed by atoms with Crippen LogP contribution in [0.3, 0.4) is 0 Å². The van der Waals surface area contributed by atoms with Crippen LogP contribution in [0.15, 0.2) is 0 Å². The molecule has 1 heterocycles. The van der Waals surface area contributed by atoms with Crippen LogP contribution in [0.4, 0.5) is 0 Å². The molecule has 0 spiro atoms. The summed E-state index contributed by atoms with van der Waals surface area (Å²) in [7, 11) is 0. The van der Waals surface area contributed by atoms with Crippen molar-refractivity contribution in [2.75, 3.05) is 39.4 Å². The Hall–Kier alpha value is -1.14. The van der Waals surface area contributed by atoms with Crippen LogP contribution in [0, 0.1) is 5.92 Å². The summed E-state index contributed by atoms with van der Waals surface area (Å²) in [6, 6.07) is 0.165. The lowest BCUT2D eigenvalue weighted by molar-refractivity contribution is -0.139. The molecule has 0 atom stereocenters. The van der Waals surface area contributed by atoms with Crippen molar-refractivity contribution < 1.29 is 14.3 Å². The van der Waals surface area contributed by atoms with Crippen molar-refractivity contribution in [2.24, 2.45) is 5.92 Å². The Morgan fingerprint density at radius 3 is 2.43 bits per heavy atom. The van der Waals surface area contributed by atoms with Crippen LogP contribution in [0.25, 0.3) is 0 Å². The maximum absolute atomic E-state index is 11.8. The maximum Gasteiger partial charge on any atom is 0.309 e. The molecule has 120 valence electrons. The fraction of sp³-hybridized carbons (Fsp3) is 0.867. The lowest BCUT2D eigenvalue weighted by Gasteiger charge is -2.27. The van der Waals surface area contributed by atoms with Gasteiger partial charge in [-0.1, -0.05) is 6.92 Å². The molecule has 6 nitrogen and oxygen atoms in total. The molecule has 0 radical (unpaired) electrons. The third-order valence-electron chi connectivity index (χ3n) is 4.37. The first kappa shape index (κ1) is 16.2. The number of nitrogens with one attached hydrogen (secondary N) is 2. The predicted molar refractivity (Wildman–Crippen MR) is 79.8 cm³/mol. The van der Waals surface area contributed by atoms with Crippen LogP contribution in [0.5, 0.6) is 0 Å². The zero-order valence-corrected chi connectivity index (χ0v) is 12.9. The van der Waals surface area contributed by atoms with Gasteiger partial charge in [0.2, 0.25) is 0 Å². The molecule has 1 saturated carbocycles. The average Bonchev–Trinajstić information content (AvgIpc) is 2.50. The molecular formula is C15H27N3O3. The molecule has 2 N–H and O–H groups in total. The van der Waals surface area contributed by atoms with Crippen LogP contribution in [0.2, 0.25) is 0 Å². The second-order valence-corrected chi connectivity index (χ2v) is 6.14. The van der Waals surface area contributed by atoms with Crippen molar-refractivity contribution in [3.8, 4) is 0 Å². The van der Waals surface area contributed by atoms with E-state index in [1.165, 1.54) is 0 Å². The number of carbonyl (C=O) groups excluding carboxylic acids is 2. The first-order chi connectivity index (χ1) is 10.1. The van der Waals surface area contributed by atoms with Gasteiger partial charge in [0.05, 0.1) is 13.2 Å². The van der Waals surface area contributed by atoms with E-state index in [9.17, 15) is 9.59 Å². The number of nitrogens with zero attached hydrogens (tertiary/aromatic N) is 1. The first-order valence-corrected chi connectivity index (χ1v) is 8.04. The van der Waals surface area contributed by atoms with E-state index in [0.717, 1.165) is 64.4 Å². The largest absolute Gasteiger partial charge is 0.379 e. The smallest absolute Gasteiger partial charge is 0.309 e. The zero-order chi connectivity index (χ0) is 15.1. The Kier molecular flexibility index (Phi) is 6.45. The van der Waals surface area contributed by atoms with Gasteiger partial charge >= 0.3 is 11.8 Å². The highest BCUT2D eigenvalue weighted by molar-refractivity contribution is 6.35. The minimum atomic E-state index is -0.512. The van der Waals surface area contributed by atoms with E-state index >= 15 is 0 Å². The molecule has 0 aromatic carbocycles. The van der Waals surface area contributed by atoms with Crippen LogP contribution in [-0.2, 0) is 14.3 Å². The molecular weight excluding hydrogens is 270 g/mol. The molecule has 0 aromatic rings. The molecule has 2 amide bonds. The Labute approximate surface area is 126 Å². The summed E-state index contributed by atoms with van der Waals surface area (Å²) in [6.07, 6.45) is 4.22. The molecule has 1 aliphatic carbocycles. The molecule has 1 saturated heterocycles. The highest BCUT2D eigenvalue weighted by atomic mass is 16.5. The monoisotopic (exact) mass is 297 g/mol. The van der Waals surface area contributed by atoms with Gasteiger partial charge < -0.3 is 15.4 Å². The van der Waals surface area contributed by atoms with Gasteiger partial charge in [-0.15, -0.1) is 0 Å². The molecule has 21 heavy (non-hydrogen) atoms. The van der Waals surface area contributed by atoms with Crippen LogP contribution in [-0.4, -0.2) is 62.1 Å². The summed E-state index contributed by atoms with van der Waals surface area (Å²) in [5.41, 5.74) is 0. The predicted octanol–water partition coefficient (Wildman–Crippen LogP) is 0.130. The normalized spacial score (nSPS) is 27.1. The van der Waals surface area contributed by atoms with Crippen molar-refractivity contribution in [1.82, 2.24) is 15.5 Å². The van der Waals surface area contributed by atoms with Crippen LogP contribution < -0.4 is 10.6 Å². The zero-order valence-electron chi connectivity index (χ0n) is 12.9. The van der Waals surface area contributed by atoms with E-state index in [-0.39, 0.29) is 6.04 Å². The van der Waals surface area contributed by atoms with Crippen molar-refractivity contribution in [3.63, 3.8) is 0 Å². The summed E-state index contributed by atoms with van der Waals surface area (Å²) >= 11 is 0. The maximum atomic E-state index is 11.8. The minimum Gasteiger partial charge on any atom is -0.379 e. The third-order valence-corrected chi connectivity index (χ3v) is 4.37. The summed E-state index contributed by atoms with van der Waals surface area (Å²) < 4.78 is 5.26. The van der Waals surface area contributed by atoms with Gasteiger partial charge in [-0.3, -0.25) is 14.5 Å². The number of ether oxygens (including phenoxy) is 1. The molecule has 0 bridgehead atoms. The first-order valence-electron chi connectivity index (χ1n) is 8.04. The van der Waals surface area contributed by atoms with Crippen molar-refractivity contribution in [1.29, 1.82) is 0 Å². The quantitative estimate of drug-likeness (QED) is 0.724. The van der Waals surface area contributed by atoms with Gasteiger partial charge in [0.25, 0.3) is 0 Å². The van der Waals surface area contributed by atoms with E-state index in [0.29, 0.717) is 6.54 Å². The van der Waals surface area contributed by atoms with E-state index in [1.807, 2.05) is 0 Å². The van der Waals surface area contributed by atoms with E-state index in [2.05, 4.69) is 22.5 Å². The van der Waals surface area contributed by atoms with Gasteiger partial charge in [0.15, 0.2) is 0 Å². The van der Waals surface area contributed by atoms with E-state index in [1.54, 1.807) is 0 Å². The second kappa shape index (κ2) is 8.34. The van der Waals surface area contributed by atoms with E-state index in [4.69, 9.17) is 4.74 Å². The Morgan fingerprint density at radius 2 is 1.76 bits per heavy atom. The topological polar surface area (TPSA) is 70.7 Å². The molecule has 0 aromatic heterocycles. The highest BCUT2D eigenvalue weighted by Gasteiger charge is 2.22. The van der Waals surface area contributed by atoms with Gasteiger partial charge in [-0.25, -0.2) is 0 Å². The lowest BCUT2D eigenvalue weighted by Crippen LogP contribution is -2.47. The minimum absolute atomic E-state index is 0.165. The molecule has 1 aliphatic heterocycles. The summed E-state index contributed by atoms with van der Waals surface area (Å²) in [6.45, 7) is 6.78. The molecule has 2 aliphatic rings. The van der Waals surface area contributed by atoms with Crippen molar-refractivity contribution in [2.45, 2.75) is 38.6 Å². The summed E-state index contributed by atoms with van der Waals surface area (Å²) in [4.78, 5) is 25.8. The Bertz CT molecular complexity index is 348. The van der Waals surface area contributed by atoms with Gasteiger partial charge in [-0.05, 0) is 31.6 Å². The Balaban J connectivity index is 1.59. The number of morpholine rings is 1. The third kappa shape index (κ3) is 5.63. The molecule has 6 heteroatoms. The highest BCUT2D eigenvalue weighted by Crippen LogP contribution is 2.23. The number of rotatable bonds is 4. The molecule has 2 rings (SSSR count). The van der Waals surface area contributed by atoms with Crippen molar-refractivity contribution >= 4 is 11.8 Å². The van der Waals surface area contributed by atoms with Gasteiger partial charge in [0.1, 0.15) is 0 Å². The summed E-state index contributed by atoms with van der Waals surface area (Å²) in [5.74, 6) is -0.265. The van der Waals surface area contributed by atoms with Crippen molar-refractivity contribution in [3.05, 3.63) is 0 Å². The SMILES string of the molecule is CC1CCC(NC(=O)C(=O)NCCN2CCOCC2)CC1. The summed E-state index contributed by atoms with van der Waals surface area (Å²) in [5, 5.41) is 5.54. The fourth-order valence-electron chi connectivity index (χ4n) is 2.89. The number of hydrogen-bond donors (Lipinski definition) is 2. The molecule has 0 unspecified atom stereocenters. The van der Waals surface area contributed by atoms with Crippen LogP contribution in [0.1, 0.15) is 32.6 Å². The Morgan fingerprint density at radius 1 is 1.10 bits per heavy atom. The second-order valence-electron chi connectivity index (χ2n) is 6.14.